The van der Waals surface area contributed by atoms with E-state index in [9.17, 15) is 0 Å². The van der Waals surface area contributed by atoms with Gasteiger partial charge in [0.15, 0.2) is 0 Å². The molecule has 0 N–H and O–H groups in total. The van der Waals surface area contributed by atoms with Crippen molar-refractivity contribution in [1.82, 2.24) is 0 Å². The van der Waals surface area contributed by atoms with E-state index in [-0.39, 0.29) is 0 Å². The number of hydrogen-bond acceptors (Lipinski definition) is 0. The zero-order chi connectivity index (χ0) is 12.8. The highest BCUT2D eigenvalue weighted by Crippen LogP contribution is 2.15. The second kappa shape index (κ2) is 14.1. The first-order valence-electron chi connectivity index (χ1n) is 8.10. The summed E-state index contributed by atoms with van der Waals surface area (Å²) in [5, 5.41) is 0. The van der Waals surface area contributed by atoms with Gasteiger partial charge in [0, 0.05) is 0 Å². The van der Waals surface area contributed by atoms with Gasteiger partial charge in [0.25, 0.3) is 0 Å². The van der Waals surface area contributed by atoms with Crippen molar-refractivity contribution in [3.63, 3.8) is 0 Å². The molecule has 17 heavy (non-hydrogen) atoms. The van der Waals surface area contributed by atoms with Crippen molar-refractivity contribution < 1.29 is 0 Å². The van der Waals surface area contributed by atoms with E-state index < -0.39 is 0 Å². The first-order chi connectivity index (χ1) is 8.31. The lowest BCUT2D eigenvalue weighted by molar-refractivity contribution is 0.481. The molecule has 0 aliphatic heterocycles. The van der Waals surface area contributed by atoms with Crippen LogP contribution in [-0.4, -0.2) is 0 Å². The van der Waals surface area contributed by atoms with Crippen LogP contribution in [0.25, 0.3) is 0 Å². The van der Waals surface area contributed by atoms with E-state index in [4.69, 9.17) is 0 Å². The number of hydrogen-bond donors (Lipinski definition) is 0. The molecule has 0 heteroatoms. The Morgan fingerprint density at radius 3 is 1.53 bits per heavy atom. The molecule has 0 heterocycles. The first-order valence-corrected chi connectivity index (χ1v) is 8.10. The Bertz CT molecular complexity index is 128. The predicted octanol–water partition coefficient (Wildman–Crippen LogP) is 6.55. The Balaban J connectivity index is 2.94. The van der Waals surface area contributed by atoms with Gasteiger partial charge in [-0.3, -0.25) is 0 Å². The number of rotatable bonds is 13. The van der Waals surface area contributed by atoms with Crippen molar-refractivity contribution in [1.29, 1.82) is 0 Å². The molecule has 0 aliphatic rings. The van der Waals surface area contributed by atoms with E-state index in [1.165, 1.54) is 77.0 Å². The summed E-state index contributed by atoms with van der Waals surface area (Å²) < 4.78 is 0. The molecular weight excluding hydrogens is 204 g/mol. The SMILES string of the molecule is [CH2]CC(C)CCCCCCCCCCCCC. The lowest BCUT2D eigenvalue weighted by Gasteiger charge is -2.07. The molecule has 0 aromatic carbocycles. The normalized spacial score (nSPS) is 12.9. The summed E-state index contributed by atoms with van der Waals surface area (Å²) in [6.07, 6.45) is 18.4. The van der Waals surface area contributed by atoms with Crippen molar-refractivity contribution in [3.05, 3.63) is 6.92 Å². The van der Waals surface area contributed by atoms with Crippen LogP contribution in [0.2, 0.25) is 0 Å². The minimum atomic E-state index is 0.841. The molecule has 0 nitrogen and oxygen atoms in total. The van der Waals surface area contributed by atoms with Crippen LogP contribution in [0, 0.1) is 12.8 Å². The molecule has 0 spiro atoms. The fraction of sp³-hybridized carbons (Fsp3) is 0.941. The largest absolute Gasteiger partial charge is 0.0654 e. The zero-order valence-electron chi connectivity index (χ0n) is 12.5. The quantitative estimate of drug-likeness (QED) is 0.320. The van der Waals surface area contributed by atoms with Crippen molar-refractivity contribution in [2.45, 2.75) is 97.3 Å². The molecule has 0 saturated carbocycles. The third-order valence-corrected chi connectivity index (χ3v) is 3.79. The van der Waals surface area contributed by atoms with Crippen LogP contribution in [0.3, 0.4) is 0 Å². The summed E-state index contributed by atoms with van der Waals surface area (Å²) in [5.74, 6) is 0.841. The van der Waals surface area contributed by atoms with Crippen molar-refractivity contribution in [2.24, 2.45) is 5.92 Å². The maximum Gasteiger partial charge on any atom is -0.0443 e. The molecule has 0 fully saturated rings. The van der Waals surface area contributed by atoms with E-state index in [2.05, 4.69) is 20.8 Å². The highest BCUT2D eigenvalue weighted by molar-refractivity contribution is 4.55. The molecule has 1 atom stereocenters. The molecule has 0 rings (SSSR count). The highest BCUT2D eigenvalue weighted by atomic mass is 14.0. The second-order valence-corrected chi connectivity index (χ2v) is 5.72. The molecule has 0 saturated heterocycles. The standard InChI is InChI=1S/C17H35/c1-4-6-7-8-9-10-11-12-13-14-15-16-17(3)5-2/h17H,2,4-16H2,1,3H3. The van der Waals surface area contributed by atoms with Crippen LogP contribution in [0.5, 0.6) is 0 Å². The van der Waals surface area contributed by atoms with E-state index >= 15 is 0 Å². The fourth-order valence-electron chi connectivity index (χ4n) is 2.30. The van der Waals surface area contributed by atoms with Gasteiger partial charge in [-0.2, -0.15) is 0 Å². The fourth-order valence-corrected chi connectivity index (χ4v) is 2.30. The van der Waals surface area contributed by atoms with Gasteiger partial charge in [0.05, 0.1) is 0 Å². The van der Waals surface area contributed by atoms with Gasteiger partial charge in [-0.15, -0.1) is 0 Å². The van der Waals surface area contributed by atoms with Gasteiger partial charge in [0.1, 0.15) is 0 Å². The highest BCUT2D eigenvalue weighted by Gasteiger charge is 1.98. The van der Waals surface area contributed by atoms with Gasteiger partial charge < -0.3 is 0 Å². The summed E-state index contributed by atoms with van der Waals surface area (Å²) in [7, 11) is 0. The molecule has 0 bridgehead atoms. The molecule has 0 amide bonds. The van der Waals surface area contributed by atoms with Gasteiger partial charge in [-0.1, -0.05) is 104 Å². The van der Waals surface area contributed by atoms with Gasteiger partial charge >= 0.3 is 0 Å². The predicted molar refractivity (Wildman–Crippen MR) is 80.2 cm³/mol. The van der Waals surface area contributed by atoms with Crippen LogP contribution in [0.15, 0.2) is 0 Å². The summed E-state index contributed by atoms with van der Waals surface area (Å²) in [5.41, 5.74) is 0. The third kappa shape index (κ3) is 13.9. The average Bonchev–Trinajstić information content (AvgIpc) is 2.35. The topological polar surface area (TPSA) is 0 Å². The smallest absolute Gasteiger partial charge is 0.0443 e. The Morgan fingerprint density at radius 2 is 1.12 bits per heavy atom. The van der Waals surface area contributed by atoms with Crippen molar-refractivity contribution in [3.8, 4) is 0 Å². The van der Waals surface area contributed by atoms with Crippen molar-refractivity contribution >= 4 is 0 Å². The van der Waals surface area contributed by atoms with Gasteiger partial charge in [-0.05, 0) is 5.92 Å². The summed E-state index contributed by atoms with van der Waals surface area (Å²) >= 11 is 0. The minimum absolute atomic E-state index is 0.841. The lowest BCUT2D eigenvalue weighted by Crippen LogP contribution is -1.91. The van der Waals surface area contributed by atoms with Crippen molar-refractivity contribution in [2.75, 3.05) is 0 Å². The minimum Gasteiger partial charge on any atom is -0.0654 e. The summed E-state index contributed by atoms with van der Waals surface area (Å²) in [4.78, 5) is 0. The molecule has 0 aliphatic carbocycles. The maximum absolute atomic E-state index is 3.96. The van der Waals surface area contributed by atoms with E-state index in [0.29, 0.717) is 0 Å². The molecule has 0 aromatic rings. The number of unbranched alkanes of at least 4 members (excludes halogenated alkanes) is 10. The Kier molecular flexibility index (Phi) is 14.1. The molecule has 103 valence electrons. The van der Waals surface area contributed by atoms with Crippen LogP contribution >= 0.6 is 0 Å². The lowest BCUT2D eigenvalue weighted by atomic mass is 9.99. The van der Waals surface area contributed by atoms with E-state index in [1.807, 2.05) is 0 Å². The van der Waals surface area contributed by atoms with Crippen LogP contribution in [-0.2, 0) is 0 Å². The molecule has 1 radical (unpaired) electrons. The average molecular weight is 239 g/mol. The molecule has 0 aromatic heterocycles. The van der Waals surface area contributed by atoms with Gasteiger partial charge in [0.2, 0.25) is 0 Å². The van der Waals surface area contributed by atoms with Crippen LogP contribution in [0.1, 0.15) is 97.3 Å². The second-order valence-electron chi connectivity index (χ2n) is 5.72. The maximum atomic E-state index is 3.96. The van der Waals surface area contributed by atoms with Crippen LogP contribution < -0.4 is 0 Å². The third-order valence-electron chi connectivity index (χ3n) is 3.79. The summed E-state index contributed by atoms with van der Waals surface area (Å²) in [6.45, 7) is 8.57. The first kappa shape index (κ1) is 17.0. The monoisotopic (exact) mass is 239 g/mol. The Morgan fingerprint density at radius 1 is 0.706 bits per heavy atom. The van der Waals surface area contributed by atoms with Gasteiger partial charge in [-0.25, -0.2) is 0 Å². The Labute approximate surface area is 111 Å². The Hall–Kier alpha value is 0. The molecular formula is C17H35. The van der Waals surface area contributed by atoms with E-state index in [1.54, 1.807) is 0 Å². The zero-order valence-corrected chi connectivity index (χ0v) is 12.5. The van der Waals surface area contributed by atoms with Crippen LogP contribution in [0.4, 0.5) is 0 Å². The summed E-state index contributed by atoms with van der Waals surface area (Å²) in [6, 6.07) is 0. The van der Waals surface area contributed by atoms with E-state index in [0.717, 1.165) is 12.3 Å². The molecule has 1 unspecified atom stereocenters.